The summed E-state index contributed by atoms with van der Waals surface area (Å²) >= 11 is 0. The second-order valence-electron chi connectivity index (χ2n) is 4.00. The number of Topliss-reactive ketones (excluding diaryl/α,β-unsaturated/α-hetero) is 1. The molecule has 0 aliphatic heterocycles. The minimum atomic E-state index is 0.00315. The molecular weight excluding hydrogens is 202 g/mol. The van der Waals surface area contributed by atoms with Gasteiger partial charge in [0.15, 0.2) is 5.78 Å². The summed E-state index contributed by atoms with van der Waals surface area (Å²) < 4.78 is 0. The van der Waals surface area contributed by atoms with E-state index in [1.165, 1.54) is 0 Å². The summed E-state index contributed by atoms with van der Waals surface area (Å²) in [6.45, 7) is 6.30. The molecule has 0 aliphatic rings. The molecule has 1 unspecified atom stereocenters. The molecule has 0 saturated carbocycles. The van der Waals surface area contributed by atoms with E-state index in [9.17, 15) is 4.79 Å². The van der Waals surface area contributed by atoms with Crippen LogP contribution in [0, 0.1) is 6.92 Å². The Morgan fingerprint density at radius 1 is 1.62 bits per heavy atom. The van der Waals surface area contributed by atoms with Crippen LogP contribution < -0.4 is 11.1 Å². The fraction of sp³-hybridized carbons (Fsp3) is 0.500. The fourth-order valence-electron chi connectivity index (χ4n) is 1.44. The van der Waals surface area contributed by atoms with Crippen molar-refractivity contribution in [3.8, 4) is 0 Å². The number of pyridine rings is 1. The van der Waals surface area contributed by atoms with Crippen LogP contribution in [0.4, 0.5) is 5.82 Å². The number of ketones is 1. The van der Waals surface area contributed by atoms with E-state index < -0.39 is 0 Å². The van der Waals surface area contributed by atoms with Crippen LogP contribution in [0.5, 0.6) is 0 Å². The molecule has 0 amide bonds. The Morgan fingerprint density at radius 2 is 2.31 bits per heavy atom. The second-order valence-corrected chi connectivity index (χ2v) is 4.00. The van der Waals surface area contributed by atoms with E-state index in [1.807, 2.05) is 13.8 Å². The van der Waals surface area contributed by atoms with E-state index in [2.05, 4.69) is 17.2 Å². The molecule has 4 heteroatoms. The van der Waals surface area contributed by atoms with Gasteiger partial charge in [-0.3, -0.25) is 4.79 Å². The predicted octanol–water partition coefficient (Wildman–Crippen LogP) is 1.54. The number of nitrogen functional groups attached to an aromatic ring is 1. The lowest BCUT2D eigenvalue weighted by molar-refractivity contribution is 0.0987. The van der Waals surface area contributed by atoms with Gasteiger partial charge in [-0.2, -0.15) is 0 Å². The third-order valence-electron chi connectivity index (χ3n) is 2.69. The summed E-state index contributed by atoms with van der Waals surface area (Å²) in [4.78, 5) is 15.9. The summed E-state index contributed by atoms with van der Waals surface area (Å²) in [6.07, 6.45) is 2.61. The summed E-state index contributed by atoms with van der Waals surface area (Å²) in [5.41, 5.74) is 7.12. The van der Waals surface area contributed by atoms with Gasteiger partial charge in [0.25, 0.3) is 0 Å². The highest BCUT2D eigenvalue weighted by Crippen LogP contribution is 2.13. The third-order valence-corrected chi connectivity index (χ3v) is 2.69. The Balaban J connectivity index is 2.73. The third kappa shape index (κ3) is 3.03. The zero-order valence-electron chi connectivity index (χ0n) is 10.1. The Labute approximate surface area is 96.3 Å². The predicted molar refractivity (Wildman–Crippen MR) is 65.5 cm³/mol. The first-order valence-electron chi connectivity index (χ1n) is 5.54. The number of nitrogens with two attached hydrogens (primary N) is 1. The topological polar surface area (TPSA) is 68.0 Å². The van der Waals surface area contributed by atoms with Gasteiger partial charge in [-0.15, -0.1) is 0 Å². The van der Waals surface area contributed by atoms with Crippen molar-refractivity contribution < 1.29 is 4.79 Å². The van der Waals surface area contributed by atoms with E-state index in [4.69, 9.17) is 5.73 Å². The van der Waals surface area contributed by atoms with Gasteiger partial charge in [-0.1, -0.05) is 6.92 Å². The van der Waals surface area contributed by atoms with Gasteiger partial charge >= 0.3 is 0 Å². The lowest BCUT2D eigenvalue weighted by Crippen LogP contribution is -2.31. The van der Waals surface area contributed by atoms with Gasteiger partial charge in [0.05, 0.1) is 12.1 Å². The van der Waals surface area contributed by atoms with E-state index in [0.717, 1.165) is 12.0 Å². The fourth-order valence-corrected chi connectivity index (χ4v) is 1.44. The van der Waals surface area contributed by atoms with Crippen LogP contribution in [-0.4, -0.2) is 23.4 Å². The molecule has 0 fully saturated rings. The number of rotatable bonds is 5. The quantitative estimate of drug-likeness (QED) is 0.740. The van der Waals surface area contributed by atoms with Gasteiger partial charge in [0.2, 0.25) is 0 Å². The molecule has 1 atom stereocenters. The van der Waals surface area contributed by atoms with Gasteiger partial charge in [-0.25, -0.2) is 4.98 Å². The first-order valence-corrected chi connectivity index (χ1v) is 5.54. The minimum Gasteiger partial charge on any atom is -0.383 e. The van der Waals surface area contributed by atoms with E-state index in [-0.39, 0.29) is 5.78 Å². The molecule has 88 valence electrons. The average Bonchev–Trinajstić information content (AvgIpc) is 2.25. The molecule has 0 radical (unpaired) electrons. The SMILES string of the molecule is CCC(C)NCC(=O)c1c(C)ccnc1N. The minimum absolute atomic E-state index is 0.00315. The highest BCUT2D eigenvalue weighted by molar-refractivity contribution is 6.02. The smallest absolute Gasteiger partial charge is 0.180 e. The number of nitrogens with zero attached hydrogens (tertiary/aromatic N) is 1. The molecule has 1 rings (SSSR count). The van der Waals surface area contributed by atoms with Crippen molar-refractivity contribution >= 4 is 11.6 Å². The molecule has 16 heavy (non-hydrogen) atoms. The van der Waals surface area contributed by atoms with Crippen molar-refractivity contribution in [2.75, 3.05) is 12.3 Å². The Bertz CT molecular complexity index is 356. The van der Waals surface area contributed by atoms with Crippen LogP contribution in [0.25, 0.3) is 0 Å². The maximum absolute atomic E-state index is 11.9. The highest BCUT2D eigenvalue weighted by atomic mass is 16.1. The molecule has 1 aromatic rings. The van der Waals surface area contributed by atoms with E-state index >= 15 is 0 Å². The molecule has 1 aromatic heterocycles. The summed E-state index contributed by atoms with van der Waals surface area (Å²) in [5, 5.41) is 3.15. The zero-order valence-corrected chi connectivity index (χ0v) is 10.1. The van der Waals surface area contributed by atoms with Crippen LogP contribution in [0.3, 0.4) is 0 Å². The van der Waals surface area contributed by atoms with Crippen molar-refractivity contribution in [3.63, 3.8) is 0 Å². The standard InChI is InChI=1S/C12H19N3O/c1-4-9(3)15-7-10(16)11-8(2)5-6-14-12(11)13/h5-6,9,15H,4,7H2,1-3H3,(H2,13,14). The monoisotopic (exact) mass is 221 g/mol. The number of carbonyl (C=O) groups excluding carboxylic acids is 1. The average molecular weight is 221 g/mol. The lowest BCUT2D eigenvalue weighted by Gasteiger charge is -2.12. The van der Waals surface area contributed by atoms with Gasteiger partial charge in [0.1, 0.15) is 5.82 Å². The number of aryl methyl sites for hydroxylation is 1. The van der Waals surface area contributed by atoms with Crippen molar-refractivity contribution in [3.05, 3.63) is 23.4 Å². The summed E-state index contributed by atoms with van der Waals surface area (Å²) in [7, 11) is 0. The maximum Gasteiger partial charge on any atom is 0.180 e. The van der Waals surface area contributed by atoms with Gasteiger partial charge in [0, 0.05) is 12.2 Å². The number of carbonyl (C=O) groups is 1. The number of anilines is 1. The summed E-state index contributed by atoms with van der Waals surface area (Å²) in [6, 6.07) is 2.13. The molecule has 0 saturated heterocycles. The number of nitrogens with one attached hydrogen (secondary N) is 1. The van der Waals surface area contributed by atoms with Gasteiger partial charge < -0.3 is 11.1 Å². The van der Waals surface area contributed by atoms with Crippen LogP contribution >= 0.6 is 0 Å². The number of aromatic nitrogens is 1. The van der Waals surface area contributed by atoms with Crippen molar-refractivity contribution in [1.82, 2.24) is 10.3 Å². The molecule has 0 aliphatic carbocycles. The molecule has 3 N–H and O–H groups in total. The van der Waals surface area contributed by atoms with Crippen LogP contribution in [0.2, 0.25) is 0 Å². The molecule has 1 heterocycles. The second kappa shape index (κ2) is 5.61. The first-order chi connectivity index (χ1) is 7.56. The summed E-state index contributed by atoms with van der Waals surface area (Å²) in [5.74, 6) is 0.319. The molecule has 0 spiro atoms. The van der Waals surface area contributed by atoms with Crippen molar-refractivity contribution in [2.24, 2.45) is 0 Å². The molecule has 0 bridgehead atoms. The molecule has 0 aromatic carbocycles. The normalized spacial score (nSPS) is 12.4. The maximum atomic E-state index is 11.9. The van der Waals surface area contributed by atoms with E-state index in [0.29, 0.717) is 24.0 Å². The van der Waals surface area contributed by atoms with Crippen LogP contribution in [0.15, 0.2) is 12.3 Å². The van der Waals surface area contributed by atoms with Gasteiger partial charge in [-0.05, 0) is 31.9 Å². The molecule has 4 nitrogen and oxygen atoms in total. The Morgan fingerprint density at radius 3 is 2.88 bits per heavy atom. The lowest BCUT2D eigenvalue weighted by atomic mass is 10.1. The highest BCUT2D eigenvalue weighted by Gasteiger charge is 2.13. The first kappa shape index (κ1) is 12.6. The van der Waals surface area contributed by atoms with Crippen LogP contribution in [-0.2, 0) is 0 Å². The van der Waals surface area contributed by atoms with Crippen molar-refractivity contribution in [1.29, 1.82) is 0 Å². The Kier molecular flexibility index (Phi) is 4.43. The van der Waals surface area contributed by atoms with Crippen LogP contribution in [0.1, 0.15) is 36.2 Å². The Hall–Kier alpha value is -1.42. The largest absolute Gasteiger partial charge is 0.383 e. The van der Waals surface area contributed by atoms with Crippen molar-refractivity contribution in [2.45, 2.75) is 33.2 Å². The van der Waals surface area contributed by atoms with E-state index in [1.54, 1.807) is 12.3 Å². The number of hydrogen-bond acceptors (Lipinski definition) is 4. The molecular formula is C12H19N3O. The number of hydrogen-bond donors (Lipinski definition) is 2. The zero-order chi connectivity index (χ0) is 12.1.